The maximum absolute atomic E-state index is 9.76. The van der Waals surface area contributed by atoms with Crippen LogP contribution in [0.1, 0.15) is 39.0 Å². The first-order chi connectivity index (χ1) is 5.84. The molecule has 1 aliphatic heterocycles. The number of thioether (sulfide) groups is 1. The van der Waals surface area contributed by atoms with Crippen LogP contribution in [0.4, 0.5) is 0 Å². The van der Waals surface area contributed by atoms with E-state index in [2.05, 4.69) is 6.92 Å². The molecule has 1 heterocycles. The third kappa shape index (κ3) is 3.36. The van der Waals surface area contributed by atoms with E-state index in [0.29, 0.717) is 5.92 Å². The Morgan fingerprint density at radius 1 is 1.50 bits per heavy atom. The Hall–Kier alpha value is 0.310. The highest BCUT2D eigenvalue weighted by Crippen LogP contribution is 2.28. The highest BCUT2D eigenvalue weighted by atomic mass is 32.2. The molecule has 0 aromatic rings. The third-order valence-electron chi connectivity index (χ3n) is 2.61. The summed E-state index contributed by atoms with van der Waals surface area (Å²) in [6, 6.07) is 0. The number of unbranched alkanes of at least 4 members (excludes halogenated alkanes) is 2. The number of aliphatic hydroxyl groups excluding tert-OH is 1. The van der Waals surface area contributed by atoms with Crippen molar-refractivity contribution in [1.29, 1.82) is 0 Å². The Balaban J connectivity index is 2.05. The molecule has 2 unspecified atom stereocenters. The standard InChI is InChI=1S/C10H20OS/c1-2-3-4-5-10(11)9-6-7-12-8-9/h9-11H,2-8H2,1H3. The van der Waals surface area contributed by atoms with Crippen molar-refractivity contribution in [1.82, 2.24) is 0 Å². The van der Waals surface area contributed by atoms with Crippen LogP contribution in [0, 0.1) is 5.92 Å². The van der Waals surface area contributed by atoms with Crippen LogP contribution < -0.4 is 0 Å². The fourth-order valence-corrected chi connectivity index (χ4v) is 3.02. The second kappa shape index (κ2) is 5.87. The van der Waals surface area contributed by atoms with Crippen LogP contribution in [-0.4, -0.2) is 22.7 Å². The smallest absolute Gasteiger partial charge is 0.0576 e. The average molecular weight is 188 g/mol. The number of hydrogen-bond acceptors (Lipinski definition) is 2. The van der Waals surface area contributed by atoms with Crippen LogP contribution in [0.2, 0.25) is 0 Å². The lowest BCUT2D eigenvalue weighted by molar-refractivity contribution is 0.108. The SMILES string of the molecule is CCCCCC(O)C1CCSC1. The van der Waals surface area contributed by atoms with Crippen molar-refractivity contribution < 1.29 is 5.11 Å². The zero-order valence-electron chi connectivity index (χ0n) is 7.96. The summed E-state index contributed by atoms with van der Waals surface area (Å²) in [5.41, 5.74) is 0. The Bertz CT molecular complexity index is 110. The highest BCUT2D eigenvalue weighted by Gasteiger charge is 2.22. The maximum atomic E-state index is 9.76. The number of rotatable bonds is 5. The van der Waals surface area contributed by atoms with Gasteiger partial charge in [-0.2, -0.15) is 11.8 Å². The topological polar surface area (TPSA) is 20.2 Å². The van der Waals surface area contributed by atoms with Crippen molar-refractivity contribution in [2.75, 3.05) is 11.5 Å². The fraction of sp³-hybridized carbons (Fsp3) is 1.00. The molecular formula is C10H20OS. The normalized spacial score (nSPS) is 26.0. The molecule has 72 valence electrons. The van der Waals surface area contributed by atoms with E-state index in [4.69, 9.17) is 0 Å². The minimum absolute atomic E-state index is 0.00782. The largest absolute Gasteiger partial charge is 0.393 e. The van der Waals surface area contributed by atoms with Gasteiger partial charge in [0.15, 0.2) is 0 Å². The van der Waals surface area contributed by atoms with Crippen LogP contribution in [-0.2, 0) is 0 Å². The predicted octanol–water partition coefficient (Wildman–Crippen LogP) is 2.68. The molecule has 1 rings (SSSR count). The van der Waals surface area contributed by atoms with E-state index in [0.717, 1.165) is 6.42 Å². The van der Waals surface area contributed by atoms with Crippen molar-refractivity contribution in [2.45, 2.75) is 45.1 Å². The van der Waals surface area contributed by atoms with Gasteiger partial charge < -0.3 is 5.11 Å². The predicted molar refractivity (Wildman–Crippen MR) is 55.6 cm³/mol. The van der Waals surface area contributed by atoms with Gasteiger partial charge in [-0.3, -0.25) is 0 Å². The van der Waals surface area contributed by atoms with Crippen molar-refractivity contribution in [2.24, 2.45) is 5.92 Å². The molecule has 12 heavy (non-hydrogen) atoms. The first-order valence-corrected chi connectivity index (χ1v) is 6.26. The number of hydrogen-bond donors (Lipinski definition) is 1. The zero-order chi connectivity index (χ0) is 8.81. The summed E-state index contributed by atoms with van der Waals surface area (Å²) in [6.07, 6.45) is 5.99. The van der Waals surface area contributed by atoms with Crippen molar-refractivity contribution in [3.05, 3.63) is 0 Å². The second-order valence-electron chi connectivity index (χ2n) is 3.69. The van der Waals surface area contributed by atoms with Gasteiger partial charge >= 0.3 is 0 Å². The molecule has 0 aliphatic carbocycles. The second-order valence-corrected chi connectivity index (χ2v) is 4.84. The molecule has 2 heteroatoms. The van der Waals surface area contributed by atoms with E-state index in [9.17, 15) is 5.11 Å². The fourth-order valence-electron chi connectivity index (χ4n) is 1.70. The van der Waals surface area contributed by atoms with Crippen LogP contribution in [0.15, 0.2) is 0 Å². The van der Waals surface area contributed by atoms with E-state index in [1.54, 1.807) is 0 Å². The average Bonchev–Trinajstić information content (AvgIpc) is 2.56. The lowest BCUT2D eigenvalue weighted by Crippen LogP contribution is -2.19. The maximum Gasteiger partial charge on any atom is 0.0576 e. The van der Waals surface area contributed by atoms with Gasteiger partial charge in [-0.1, -0.05) is 26.2 Å². The third-order valence-corrected chi connectivity index (χ3v) is 3.80. The van der Waals surface area contributed by atoms with E-state index >= 15 is 0 Å². The van der Waals surface area contributed by atoms with Gasteiger partial charge in [-0.25, -0.2) is 0 Å². The molecule has 1 saturated heterocycles. The molecule has 1 fully saturated rings. The minimum Gasteiger partial charge on any atom is -0.393 e. The van der Waals surface area contributed by atoms with Crippen molar-refractivity contribution in [3.63, 3.8) is 0 Å². The molecule has 0 aromatic heterocycles. The molecule has 0 spiro atoms. The monoisotopic (exact) mass is 188 g/mol. The van der Waals surface area contributed by atoms with Crippen molar-refractivity contribution in [3.8, 4) is 0 Å². The Kier molecular flexibility index (Phi) is 5.08. The van der Waals surface area contributed by atoms with Crippen LogP contribution in [0.25, 0.3) is 0 Å². The van der Waals surface area contributed by atoms with E-state index in [1.807, 2.05) is 11.8 Å². The van der Waals surface area contributed by atoms with Gasteiger partial charge in [0.05, 0.1) is 6.10 Å². The van der Waals surface area contributed by atoms with Gasteiger partial charge in [-0.15, -0.1) is 0 Å². The summed E-state index contributed by atoms with van der Waals surface area (Å²) >= 11 is 1.99. The molecular weight excluding hydrogens is 168 g/mol. The quantitative estimate of drug-likeness (QED) is 0.669. The molecule has 0 saturated carbocycles. The molecule has 0 amide bonds. The lowest BCUT2D eigenvalue weighted by atomic mass is 9.97. The van der Waals surface area contributed by atoms with Crippen LogP contribution in [0.3, 0.4) is 0 Å². The summed E-state index contributed by atoms with van der Waals surface area (Å²) in [6.45, 7) is 2.21. The molecule has 2 atom stereocenters. The van der Waals surface area contributed by atoms with E-state index in [1.165, 1.54) is 37.2 Å². The van der Waals surface area contributed by atoms with E-state index in [-0.39, 0.29) is 6.10 Å². The molecule has 1 N–H and O–H groups in total. The summed E-state index contributed by atoms with van der Waals surface area (Å²) in [7, 11) is 0. The van der Waals surface area contributed by atoms with Crippen LogP contribution in [0.5, 0.6) is 0 Å². The molecule has 0 aromatic carbocycles. The first-order valence-electron chi connectivity index (χ1n) is 5.10. The molecule has 0 radical (unpaired) electrons. The van der Waals surface area contributed by atoms with Crippen molar-refractivity contribution >= 4 is 11.8 Å². The summed E-state index contributed by atoms with van der Waals surface area (Å²) in [5, 5.41) is 9.76. The zero-order valence-corrected chi connectivity index (χ0v) is 8.78. The molecule has 1 nitrogen and oxygen atoms in total. The van der Waals surface area contributed by atoms with E-state index < -0.39 is 0 Å². The summed E-state index contributed by atoms with van der Waals surface area (Å²) in [4.78, 5) is 0. The first kappa shape index (κ1) is 10.4. The number of aliphatic hydroxyl groups is 1. The van der Waals surface area contributed by atoms with Gasteiger partial charge in [0.25, 0.3) is 0 Å². The van der Waals surface area contributed by atoms with Crippen LogP contribution >= 0.6 is 11.8 Å². The summed E-state index contributed by atoms with van der Waals surface area (Å²) in [5.74, 6) is 3.05. The minimum atomic E-state index is -0.00782. The van der Waals surface area contributed by atoms with Gasteiger partial charge in [0, 0.05) is 0 Å². The Labute approximate surface area is 79.9 Å². The van der Waals surface area contributed by atoms with Gasteiger partial charge in [0.2, 0.25) is 0 Å². The highest BCUT2D eigenvalue weighted by molar-refractivity contribution is 7.99. The van der Waals surface area contributed by atoms with Gasteiger partial charge in [-0.05, 0) is 30.3 Å². The molecule has 0 bridgehead atoms. The Morgan fingerprint density at radius 3 is 2.92 bits per heavy atom. The Morgan fingerprint density at radius 2 is 2.33 bits per heavy atom. The molecule has 1 aliphatic rings. The van der Waals surface area contributed by atoms with Gasteiger partial charge in [0.1, 0.15) is 0 Å². The lowest BCUT2D eigenvalue weighted by Gasteiger charge is -2.16. The summed E-state index contributed by atoms with van der Waals surface area (Å²) < 4.78 is 0.